The molecule has 0 N–H and O–H groups in total. The van der Waals surface area contributed by atoms with Crippen molar-refractivity contribution < 1.29 is 4.21 Å². The normalized spacial score (nSPS) is 12.5. The Bertz CT molecular complexity index is 546. The van der Waals surface area contributed by atoms with Gasteiger partial charge in [0, 0.05) is 21.9 Å². The zero-order valence-corrected chi connectivity index (χ0v) is 13.0. The first-order valence-corrected chi connectivity index (χ1v) is 8.88. The van der Waals surface area contributed by atoms with Crippen molar-refractivity contribution in [2.45, 2.75) is 38.2 Å². The third-order valence-electron chi connectivity index (χ3n) is 2.82. The van der Waals surface area contributed by atoms with Crippen molar-refractivity contribution in [2.24, 2.45) is 0 Å². The molecule has 2 aromatic rings. The zero-order valence-electron chi connectivity index (χ0n) is 11.4. The van der Waals surface area contributed by atoms with E-state index in [1.54, 1.807) is 11.3 Å². The average molecular weight is 293 g/mol. The number of hydrogen-bond acceptors (Lipinski definition) is 3. The lowest BCUT2D eigenvalue weighted by molar-refractivity contribution is 0.681. The van der Waals surface area contributed by atoms with Gasteiger partial charge in [0.05, 0.1) is 16.5 Å². The summed E-state index contributed by atoms with van der Waals surface area (Å²) in [6.07, 6.45) is 2.13. The molecule has 2 nitrogen and oxygen atoms in total. The van der Waals surface area contributed by atoms with Crippen molar-refractivity contribution in [1.29, 1.82) is 0 Å². The predicted octanol–water partition coefficient (Wildman–Crippen LogP) is 3.85. The number of benzene rings is 1. The van der Waals surface area contributed by atoms with Gasteiger partial charge in [-0.15, -0.1) is 11.3 Å². The lowest BCUT2D eigenvalue weighted by Gasteiger charge is -2.01. The molecule has 0 aliphatic rings. The smallest absolute Gasteiger partial charge is 0.0928 e. The molecule has 4 heteroatoms. The van der Waals surface area contributed by atoms with Gasteiger partial charge in [0.25, 0.3) is 0 Å². The molecule has 0 bridgehead atoms. The summed E-state index contributed by atoms with van der Waals surface area (Å²) in [5.41, 5.74) is 3.34. The Morgan fingerprint density at radius 1 is 1.21 bits per heavy atom. The maximum atomic E-state index is 12.1. The molecule has 0 aliphatic carbocycles. The molecule has 0 fully saturated rings. The second kappa shape index (κ2) is 6.96. The van der Waals surface area contributed by atoms with Crippen molar-refractivity contribution in [2.75, 3.05) is 0 Å². The molecule has 2 rings (SSSR count). The van der Waals surface area contributed by atoms with Crippen LogP contribution in [0.4, 0.5) is 0 Å². The number of hydrogen-bond donors (Lipinski definition) is 0. The Kier molecular flexibility index (Phi) is 5.28. The number of aryl methyl sites for hydroxylation is 2. The van der Waals surface area contributed by atoms with E-state index < -0.39 is 10.8 Å². The zero-order chi connectivity index (χ0) is 13.7. The molecule has 1 aromatic carbocycles. The lowest BCUT2D eigenvalue weighted by atomic mass is 10.2. The minimum atomic E-state index is -0.875. The van der Waals surface area contributed by atoms with Gasteiger partial charge >= 0.3 is 0 Å². The van der Waals surface area contributed by atoms with Gasteiger partial charge in [-0.05, 0) is 25.3 Å². The molecule has 0 saturated heterocycles. The largest absolute Gasteiger partial charge is 0.259 e. The predicted molar refractivity (Wildman–Crippen MR) is 82.8 cm³/mol. The second-order valence-electron chi connectivity index (χ2n) is 4.70. The van der Waals surface area contributed by atoms with Crippen LogP contribution >= 0.6 is 11.3 Å². The first-order valence-electron chi connectivity index (χ1n) is 6.51. The summed E-state index contributed by atoms with van der Waals surface area (Å²) in [5.74, 6) is 1.18. The van der Waals surface area contributed by atoms with Crippen LogP contribution in [-0.2, 0) is 28.7 Å². The molecular formula is C15H19NOS2. The Hall–Kier alpha value is -1.00. The molecular weight excluding hydrogens is 274 g/mol. The third kappa shape index (κ3) is 4.55. The Labute approximate surface area is 121 Å². The van der Waals surface area contributed by atoms with Crippen molar-refractivity contribution >= 4 is 22.1 Å². The topological polar surface area (TPSA) is 30.0 Å². The molecule has 1 unspecified atom stereocenters. The minimum absolute atomic E-state index is 0.564. The van der Waals surface area contributed by atoms with Crippen LogP contribution in [0.1, 0.15) is 35.2 Å². The fourth-order valence-electron chi connectivity index (χ4n) is 1.83. The van der Waals surface area contributed by atoms with Gasteiger partial charge in [0.1, 0.15) is 0 Å². The molecule has 0 aliphatic heterocycles. The van der Waals surface area contributed by atoms with E-state index in [-0.39, 0.29) is 0 Å². The van der Waals surface area contributed by atoms with Gasteiger partial charge in [-0.25, -0.2) is 4.98 Å². The Morgan fingerprint density at radius 2 is 1.95 bits per heavy atom. The summed E-state index contributed by atoms with van der Waals surface area (Å²) in [4.78, 5) is 4.52. The SMILES string of the molecule is CCCc1nc(CS(=O)Cc2ccc(C)cc2)cs1. The lowest BCUT2D eigenvalue weighted by Crippen LogP contribution is -2.00. The fraction of sp³-hybridized carbons (Fsp3) is 0.400. The summed E-state index contributed by atoms with van der Waals surface area (Å²) in [6.45, 7) is 4.21. The highest BCUT2D eigenvalue weighted by molar-refractivity contribution is 7.83. The van der Waals surface area contributed by atoms with E-state index in [1.165, 1.54) is 5.56 Å². The van der Waals surface area contributed by atoms with Gasteiger partial charge in [-0.3, -0.25) is 4.21 Å². The summed E-state index contributed by atoms with van der Waals surface area (Å²) in [5, 5.41) is 3.20. The molecule has 1 aromatic heterocycles. The Balaban J connectivity index is 1.91. The highest BCUT2D eigenvalue weighted by Gasteiger charge is 2.07. The maximum Gasteiger partial charge on any atom is 0.0928 e. The molecule has 0 amide bonds. The highest BCUT2D eigenvalue weighted by Crippen LogP contribution is 2.15. The van der Waals surface area contributed by atoms with Crippen molar-refractivity contribution in [3.05, 3.63) is 51.5 Å². The van der Waals surface area contributed by atoms with Crippen LogP contribution in [0.3, 0.4) is 0 Å². The summed E-state index contributed by atoms with van der Waals surface area (Å²) in [6, 6.07) is 8.23. The van der Waals surface area contributed by atoms with Gasteiger partial charge in [0.15, 0.2) is 0 Å². The van der Waals surface area contributed by atoms with Crippen LogP contribution in [0.25, 0.3) is 0 Å². The van der Waals surface area contributed by atoms with E-state index in [9.17, 15) is 4.21 Å². The average Bonchev–Trinajstić information content (AvgIpc) is 2.80. The summed E-state index contributed by atoms with van der Waals surface area (Å²) in [7, 11) is -0.875. The fourth-order valence-corrected chi connectivity index (χ4v) is 3.98. The van der Waals surface area contributed by atoms with Gasteiger partial charge in [-0.2, -0.15) is 0 Å². The van der Waals surface area contributed by atoms with Crippen LogP contribution in [0.15, 0.2) is 29.6 Å². The van der Waals surface area contributed by atoms with E-state index in [4.69, 9.17) is 0 Å². The summed E-state index contributed by atoms with van der Waals surface area (Å²) < 4.78 is 12.1. The van der Waals surface area contributed by atoms with E-state index in [2.05, 4.69) is 43.1 Å². The van der Waals surface area contributed by atoms with Gasteiger partial charge in [-0.1, -0.05) is 36.8 Å². The number of rotatable bonds is 6. The highest BCUT2D eigenvalue weighted by atomic mass is 32.2. The Morgan fingerprint density at radius 3 is 2.63 bits per heavy atom. The van der Waals surface area contributed by atoms with Gasteiger partial charge in [0.2, 0.25) is 0 Å². The van der Waals surface area contributed by atoms with Crippen LogP contribution < -0.4 is 0 Å². The minimum Gasteiger partial charge on any atom is -0.259 e. The summed E-state index contributed by atoms with van der Waals surface area (Å²) >= 11 is 1.68. The van der Waals surface area contributed by atoms with E-state index >= 15 is 0 Å². The van der Waals surface area contributed by atoms with Crippen molar-refractivity contribution in [3.8, 4) is 0 Å². The number of nitrogens with zero attached hydrogens (tertiary/aromatic N) is 1. The van der Waals surface area contributed by atoms with Crippen LogP contribution in [0.2, 0.25) is 0 Å². The van der Waals surface area contributed by atoms with Crippen LogP contribution in [-0.4, -0.2) is 9.19 Å². The monoisotopic (exact) mass is 293 g/mol. The quantitative estimate of drug-likeness (QED) is 0.809. The molecule has 0 radical (unpaired) electrons. The van der Waals surface area contributed by atoms with E-state index in [0.29, 0.717) is 11.5 Å². The number of thiazole rings is 1. The standard InChI is InChI=1S/C15H19NOS2/c1-3-4-15-16-14(9-18-15)11-19(17)10-13-7-5-12(2)6-8-13/h5-9H,3-4,10-11H2,1-2H3. The molecule has 1 atom stereocenters. The van der Waals surface area contributed by atoms with Crippen LogP contribution in [0.5, 0.6) is 0 Å². The van der Waals surface area contributed by atoms with Gasteiger partial charge < -0.3 is 0 Å². The maximum absolute atomic E-state index is 12.1. The van der Waals surface area contributed by atoms with Crippen molar-refractivity contribution in [3.63, 3.8) is 0 Å². The first-order chi connectivity index (χ1) is 9.17. The third-order valence-corrected chi connectivity index (χ3v) is 5.05. The molecule has 19 heavy (non-hydrogen) atoms. The van der Waals surface area contributed by atoms with Crippen LogP contribution in [0, 0.1) is 6.92 Å². The molecule has 0 spiro atoms. The van der Waals surface area contributed by atoms with E-state index in [1.807, 2.05) is 5.38 Å². The molecule has 0 saturated carbocycles. The first kappa shape index (κ1) is 14.4. The van der Waals surface area contributed by atoms with Crippen molar-refractivity contribution in [1.82, 2.24) is 4.98 Å². The van der Waals surface area contributed by atoms with E-state index in [0.717, 1.165) is 29.1 Å². The molecule has 1 heterocycles. The number of aromatic nitrogens is 1. The second-order valence-corrected chi connectivity index (χ2v) is 7.10. The molecule has 102 valence electrons.